The summed E-state index contributed by atoms with van der Waals surface area (Å²) in [6.45, 7) is 1.40. The molecule has 4 rings (SSSR count). The van der Waals surface area contributed by atoms with E-state index in [-0.39, 0.29) is 11.9 Å². The molecule has 1 saturated heterocycles. The van der Waals surface area contributed by atoms with Crippen LogP contribution in [0.5, 0.6) is 5.88 Å². The number of imidazole rings is 1. The van der Waals surface area contributed by atoms with E-state index in [9.17, 15) is 4.39 Å². The summed E-state index contributed by atoms with van der Waals surface area (Å²) in [5, 5.41) is 4.51. The summed E-state index contributed by atoms with van der Waals surface area (Å²) in [6.07, 6.45) is 1.78. The summed E-state index contributed by atoms with van der Waals surface area (Å²) < 4.78 is 26.1. The molecular formula is C17H17FN4O2. The Morgan fingerprint density at radius 1 is 1.12 bits per heavy atom. The number of hydrogen-bond acceptors (Lipinski definition) is 5. The van der Waals surface area contributed by atoms with Crippen LogP contribution in [0.15, 0.2) is 36.4 Å². The van der Waals surface area contributed by atoms with Crippen molar-refractivity contribution >= 4 is 11.5 Å². The Hall–Kier alpha value is -2.67. The molecular weight excluding hydrogens is 311 g/mol. The Balaban J connectivity index is 1.72. The van der Waals surface area contributed by atoms with Crippen molar-refractivity contribution in [2.24, 2.45) is 0 Å². The van der Waals surface area contributed by atoms with Gasteiger partial charge in [-0.15, -0.1) is 5.10 Å². The highest BCUT2D eigenvalue weighted by molar-refractivity contribution is 5.74. The van der Waals surface area contributed by atoms with Crippen LogP contribution in [-0.2, 0) is 4.74 Å². The number of rotatable bonds is 3. The lowest BCUT2D eigenvalue weighted by molar-refractivity contribution is 0.0233. The number of nitrogens with zero attached hydrogens (tertiary/aromatic N) is 3. The Kier molecular flexibility index (Phi) is 3.78. The number of nitrogen functional groups attached to an aromatic ring is 1. The lowest BCUT2D eigenvalue weighted by Gasteiger charge is -2.22. The molecule has 24 heavy (non-hydrogen) atoms. The Labute approximate surface area is 138 Å². The van der Waals surface area contributed by atoms with Crippen LogP contribution in [-0.4, -0.2) is 33.9 Å². The van der Waals surface area contributed by atoms with E-state index in [2.05, 4.69) is 10.1 Å². The number of aromatic nitrogens is 3. The summed E-state index contributed by atoms with van der Waals surface area (Å²) in [5.41, 5.74) is 8.03. The van der Waals surface area contributed by atoms with Crippen LogP contribution in [0.1, 0.15) is 12.8 Å². The minimum absolute atomic E-state index is 0.0961. The van der Waals surface area contributed by atoms with E-state index in [1.807, 2.05) is 6.07 Å². The molecule has 0 amide bonds. The lowest BCUT2D eigenvalue weighted by atomic mass is 10.1. The Bertz CT molecular complexity index is 857. The molecule has 1 aromatic carbocycles. The van der Waals surface area contributed by atoms with Gasteiger partial charge < -0.3 is 15.2 Å². The van der Waals surface area contributed by atoms with Gasteiger partial charge in [0, 0.05) is 24.5 Å². The van der Waals surface area contributed by atoms with Gasteiger partial charge in [0.2, 0.25) is 5.88 Å². The third-order valence-corrected chi connectivity index (χ3v) is 4.05. The number of halogens is 1. The summed E-state index contributed by atoms with van der Waals surface area (Å²) in [5.74, 6) is 0.551. The van der Waals surface area contributed by atoms with Gasteiger partial charge in [-0.05, 0) is 30.3 Å². The van der Waals surface area contributed by atoms with Crippen molar-refractivity contribution in [3.8, 4) is 17.1 Å². The minimum Gasteiger partial charge on any atom is -0.473 e. The van der Waals surface area contributed by atoms with Crippen LogP contribution in [0.3, 0.4) is 0 Å². The van der Waals surface area contributed by atoms with Crippen LogP contribution >= 0.6 is 0 Å². The van der Waals surface area contributed by atoms with Crippen molar-refractivity contribution in [1.29, 1.82) is 0 Å². The molecule has 6 nitrogen and oxygen atoms in total. The second kappa shape index (κ2) is 6.09. The molecule has 2 N–H and O–H groups in total. The maximum Gasteiger partial charge on any atom is 0.232 e. The summed E-state index contributed by atoms with van der Waals surface area (Å²) >= 11 is 0. The van der Waals surface area contributed by atoms with Crippen molar-refractivity contribution in [2.75, 3.05) is 18.9 Å². The van der Waals surface area contributed by atoms with Gasteiger partial charge >= 0.3 is 0 Å². The van der Waals surface area contributed by atoms with Crippen LogP contribution < -0.4 is 10.5 Å². The first-order chi connectivity index (χ1) is 11.7. The zero-order chi connectivity index (χ0) is 16.5. The highest BCUT2D eigenvalue weighted by Crippen LogP contribution is 2.27. The van der Waals surface area contributed by atoms with Gasteiger partial charge in [-0.3, -0.25) is 0 Å². The van der Waals surface area contributed by atoms with Gasteiger partial charge in [-0.1, -0.05) is 0 Å². The molecule has 0 aliphatic carbocycles. The second-order valence-electron chi connectivity index (χ2n) is 5.72. The minimum atomic E-state index is -0.303. The zero-order valence-corrected chi connectivity index (χ0v) is 13.0. The lowest BCUT2D eigenvalue weighted by Crippen LogP contribution is -2.26. The first-order valence-corrected chi connectivity index (χ1v) is 7.86. The average Bonchev–Trinajstić information content (AvgIpc) is 2.92. The Morgan fingerprint density at radius 3 is 2.62 bits per heavy atom. The van der Waals surface area contributed by atoms with Gasteiger partial charge in [0.05, 0.1) is 13.2 Å². The van der Waals surface area contributed by atoms with Gasteiger partial charge in [-0.2, -0.15) is 0 Å². The fraction of sp³-hybridized carbons (Fsp3) is 0.294. The topological polar surface area (TPSA) is 74.7 Å². The molecule has 0 unspecified atom stereocenters. The molecule has 3 aromatic rings. The highest BCUT2D eigenvalue weighted by Gasteiger charge is 2.18. The zero-order valence-electron chi connectivity index (χ0n) is 13.0. The number of ether oxygens (including phenoxy) is 2. The van der Waals surface area contributed by atoms with E-state index >= 15 is 0 Å². The Morgan fingerprint density at radius 2 is 1.88 bits per heavy atom. The SMILES string of the molecule is Nc1nc2ccc(OC3CCOCC3)nn2c1-c1ccc(F)cc1. The largest absolute Gasteiger partial charge is 0.473 e. The smallest absolute Gasteiger partial charge is 0.232 e. The van der Waals surface area contributed by atoms with Crippen LogP contribution in [0.25, 0.3) is 16.9 Å². The predicted molar refractivity (Wildman–Crippen MR) is 87.3 cm³/mol. The van der Waals surface area contributed by atoms with E-state index in [1.165, 1.54) is 12.1 Å². The van der Waals surface area contributed by atoms with Crippen LogP contribution in [0.4, 0.5) is 10.2 Å². The maximum absolute atomic E-state index is 13.2. The molecule has 0 bridgehead atoms. The predicted octanol–water partition coefficient (Wildman–Crippen LogP) is 2.68. The molecule has 0 atom stereocenters. The van der Waals surface area contributed by atoms with E-state index in [1.54, 1.807) is 22.7 Å². The van der Waals surface area contributed by atoms with Gasteiger partial charge in [0.25, 0.3) is 0 Å². The van der Waals surface area contributed by atoms with E-state index in [0.717, 1.165) is 18.4 Å². The molecule has 124 valence electrons. The first kappa shape index (κ1) is 14.9. The van der Waals surface area contributed by atoms with Gasteiger partial charge in [-0.25, -0.2) is 13.9 Å². The normalized spacial score (nSPS) is 15.7. The molecule has 0 radical (unpaired) electrons. The summed E-state index contributed by atoms with van der Waals surface area (Å²) in [4.78, 5) is 4.31. The number of benzene rings is 1. The molecule has 0 saturated carbocycles. The van der Waals surface area contributed by atoms with Crippen molar-refractivity contribution in [3.63, 3.8) is 0 Å². The molecule has 0 spiro atoms. The summed E-state index contributed by atoms with van der Waals surface area (Å²) in [7, 11) is 0. The van der Waals surface area contributed by atoms with Gasteiger partial charge in [0.1, 0.15) is 17.6 Å². The average molecular weight is 328 g/mol. The molecule has 1 fully saturated rings. The fourth-order valence-corrected chi connectivity index (χ4v) is 2.84. The maximum atomic E-state index is 13.2. The fourth-order valence-electron chi connectivity index (χ4n) is 2.84. The van der Waals surface area contributed by atoms with E-state index < -0.39 is 0 Å². The van der Waals surface area contributed by atoms with Crippen molar-refractivity contribution in [1.82, 2.24) is 14.6 Å². The van der Waals surface area contributed by atoms with E-state index in [4.69, 9.17) is 15.2 Å². The molecule has 2 aromatic heterocycles. The molecule has 7 heteroatoms. The second-order valence-corrected chi connectivity index (χ2v) is 5.72. The van der Waals surface area contributed by atoms with Crippen molar-refractivity contribution < 1.29 is 13.9 Å². The van der Waals surface area contributed by atoms with Crippen LogP contribution in [0, 0.1) is 5.82 Å². The standard InChI is InChI=1S/C17H17FN4O2/c18-12-3-1-11(2-4-12)16-17(19)20-14-5-6-15(21-22(14)16)24-13-7-9-23-10-8-13/h1-6,13H,7-10,19H2. The number of nitrogens with two attached hydrogens (primary N) is 1. The molecule has 1 aliphatic rings. The monoisotopic (exact) mass is 328 g/mol. The summed E-state index contributed by atoms with van der Waals surface area (Å²) in [6, 6.07) is 9.68. The number of hydrogen-bond donors (Lipinski definition) is 1. The van der Waals surface area contributed by atoms with Crippen molar-refractivity contribution in [3.05, 3.63) is 42.2 Å². The highest BCUT2D eigenvalue weighted by atomic mass is 19.1. The third-order valence-electron chi connectivity index (χ3n) is 4.05. The molecule has 1 aliphatic heterocycles. The third kappa shape index (κ3) is 2.78. The number of anilines is 1. The van der Waals surface area contributed by atoms with Crippen LogP contribution in [0.2, 0.25) is 0 Å². The first-order valence-electron chi connectivity index (χ1n) is 7.86. The van der Waals surface area contributed by atoms with Gasteiger partial charge in [0.15, 0.2) is 11.5 Å². The number of fused-ring (bicyclic) bond motifs is 1. The quantitative estimate of drug-likeness (QED) is 0.800. The van der Waals surface area contributed by atoms with Crippen molar-refractivity contribution in [2.45, 2.75) is 18.9 Å². The molecule has 3 heterocycles. The van der Waals surface area contributed by atoms with E-state index in [0.29, 0.717) is 36.3 Å².